The third-order valence-electron chi connectivity index (χ3n) is 6.09. The minimum atomic E-state index is -7.92. The van der Waals surface area contributed by atoms with Gasteiger partial charge in [-0.15, -0.1) is 0 Å². The molecular formula is C28H25F19O9. The van der Waals surface area contributed by atoms with E-state index in [1.807, 2.05) is 0 Å². The second-order valence-corrected chi connectivity index (χ2v) is 10.2. The lowest BCUT2D eigenvalue weighted by Gasteiger charge is -2.39. The molecule has 28 heteroatoms. The summed E-state index contributed by atoms with van der Waals surface area (Å²) in [5.41, 5.74) is -1.76. The van der Waals surface area contributed by atoms with E-state index in [0.29, 0.717) is 31.3 Å². The maximum atomic E-state index is 15.3. The lowest BCUT2D eigenvalue weighted by atomic mass is 9.92. The quantitative estimate of drug-likeness (QED) is 0.0232. The van der Waals surface area contributed by atoms with Crippen LogP contribution in [0.15, 0.2) is 84.5 Å². The molecule has 9 nitrogen and oxygen atoms in total. The van der Waals surface area contributed by atoms with Crippen molar-refractivity contribution in [3.05, 3.63) is 84.5 Å². The zero-order valence-corrected chi connectivity index (χ0v) is 27.2. The first-order chi connectivity index (χ1) is 25.7. The molecular weight excluding hydrogens is 841 g/mol. The monoisotopic (exact) mass is 866 g/mol. The third kappa shape index (κ3) is 13.4. The van der Waals surface area contributed by atoms with Crippen LogP contribution in [0.3, 0.4) is 0 Å². The highest BCUT2D eigenvalue weighted by molar-refractivity contribution is 5.40. The highest BCUT2D eigenvalue weighted by Gasteiger charge is 2.79. The van der Waals surface area contributed by atoms with Gasteiger partial charge in [0.15, 0.2) is 23.3 Å². The van der Waals surface area contributed by atoms with Crippen LogP contribution < -0.4 is 0 Å². The second kappa shape index (κ2) is 21.8. The lowest BCUT2D eigenvalue weighted by molar-refractivity contribution is -0.497. The smallest absolute Gasteiger partial charge is 0.460 e. The first-order valence-electron chi connectivity index (χ1n) is 14.0. The van der Waals surface area contributed by atoms with Crippen molar-refractivity contribution in [3.63, 3.8) is 0 Å². The molecule has 0 aliphatic heterocycles. The van der Waals surface area contributed by atoms with Gasteiger partial charge in [-0.2, -0.15) is 44.4 Å². The molecule has 0 radical (unpaired) electrons. The summed E-state index contributed by atoms with van der Waals surface area (Å²) in [6, 6.07) is 0. The normalized spacial score (nSPS) is 17.4. The Labute approximate surface area is 300 Å². The van der Waals surface area contributed by atoms with Gasteiger partial charge in [0.05, 0.1) is 12.0 Å². The highest BCUT2D eigenvalue weighted by atomic mass is 19.4. The number of aliphatic hydroxyl groups excluding tert-OH is 2. The largest absolute Gasteiger partial charge is 0.512 e. The van der Waals surface area contributed by atoms with Crippen LogP contribution in [0, 0.1) is 5.41 Å². The fraction of sp³-hybridized carbons (Fsp3) is 0.500. The van der Waals surface area contributed by atoms with Crippen LogP contribution in [0.5, 0.6) is 0 Å². The number of rotatable bonds is 25. The van der Waals surface area contributed by atoms with Crippen molar-refractivity contribution < 1.29 is 127 Å². The molecule has 0 saturated heterocycles. The van der Waals surface area contributed by atoms with E-state index >= 15 is 8.78 Å². The molecule has 0 spiro atoms. The summed E-state index contributed by atoms with van der Waals surface area (Å²) >= 11 is 0. The Hall–Kier alpha value is -4.31. The average molecular weight is 866 g/mol. The fourth-order valence-electron chi connectivity index (χ4n) is 3.38. The van der Waals surface area contributed by atoms with Gasteiger partial charge in [-0.05, 0) is 11.5 Å². The third-order valence-corrected chi connectivity index (χ3v) is 6.09. The summed E-state index contributed by atoms with van der Waals surface area (Å²) in [7, 11) is 0. The van der Waals surface area contributed by atoms with Crippen LogP contribution in [0.25, 0.3) is 0 Å². The number of alkyl halides is 11. The van der Waals surface area contributed by atoms with E-state index < -0.39 is 135 Å². The summed E-state index contributed by atoms with van der Waals surface area (Å²) in [6.45, 7) is -3.87. The number of hydrogen-bond acceptors (Lipinski definition) is 9. The van der Waals surface area contributed by atoms with Crippen LogP contribution in [-0.4, -0.2) is 79.9 Å². The van der Waals surface area contributed by atoms with Crippen LogP contribution >= 0.6 is 0 Å². The lowest BCUT2D eigenvalue weighted by Crippen LogP contribution is -2.61. The first-order valence-corrected chi connectivity index (χ1v) is 14.0. The molecule has 0 saturated carbocycles. The van der Waals surface area contributed by atoms with Crippen LogP contribution in [0.2, 0.25) is 0 Å². The molecule has 0 aromatic carbocycles. The van der Waals surface area contributed by atoms with Gasteiger partial charge >= 0.3 is 30.0 Å². The topological polar surface area (TPSA) is 105 Å². The first kappa shape index (κ1) is 51.7. The Balaban J connectivity index is 6.96. The van der Waals surface area contributed by atoms with E-state index in [1.165, 1.54) is 0 Å². The van der Waals surface area contributed by atoms with Crippen molar-refractivity contribution in [2.45, 2.75) is 42.8 Å². The minimum absolute atomic E-state index is 0.335. The summed E-state index contributed by atoms with van der Waals surface area (Å²) in [5.74, 6) is -53.4. The van der Waals surface area contributed by atoms with Crippen LogP contribution in [0.4, 0.5) is 83.4 Å². The van der Waals surface area contributed by atoms with Gasteiger partial charge in [0.25, 0.3) is 0 Å². The zero-order valence-electron chi connectivity index (χ0n) is 27.2. The Bertz CT molecular complexity index is 1460. The number of hydrogen-bond donors (Lipinski definition) is 2. The molecule has 0 aromatic heterocycles. The van der Waals surface area contributed by atoms with Crippen molar-refractivity contribution in [2.75, 3.05) is 39.7 Å². The number of halogens is 19. The molecule has 56 heavy (non-hydrogen) atoms. The minimum Gasteiger partial charge on any atom is -0.512 e. The van der Waals surface area contributed by atoms with Gasteiger partial charge in [0.1, 0.15) is 57.8 Å². The molecule has 0 aliphatic rings. The van der Waals surface area contributed by atoms with Crippen molar-refractivity contribution in [1.29, 1.82) is 0 Å². The number of aliphatic hydroxyl groups is 2. The maximum absolute atomic E-state index is 15.3. The SMILES string of the molecule is C=COOOCC(CO/C=C/O)(CO/C=C/O)COCCCC(F)(OC(F)(/C(F)=C(F)/C(F)=C(F)/C(F)=C(F)/C(F)=C(\F)CF)C(F)(F)C(F)(F)F)C(F)(F)F. The van der Waals surface area contributed by atoms with E-state index in [2.05, 4.69) is 26.1 Å². The van der Waals surface area contributed by atoms with Crippen LogP contribution in [-0.2, 0) is 33.8 Å². The summed E-state index contributed by atoms with van der Waals surface area (Å²) < 4.78 is 279. The molecule has 2 unspecified atom stereocenters. The van der Waals surface area contributed by atoms with Gasteiger partial charge < -0.3 is 29.3 Å². The molecule has 2 atom stereocenters. The number of allylic oxidation sites excluding steroid dienone is 7. The Kier molecular flexibility index (Phi) is 20.2. The van der Waals surface area contributed by atoms with Gasteiger partial charge in [-0.1, -0.05) is 6.58 Å². The second-order valence-electron chi connectivity index (χ2n) is 10.2. The van der Waals surface area contributed by atoms with Crippen LogP contribution in [0.1, 0.15) is 12.8 Å². The molecule has 0 heterocycles. The summed E-state index contributed by atoms with van der Waals surface area (Å²) in [4.78, 5) is 8.84. The molecule has 0 rings (SSSR count). The zero-order chi connectivity index (χ0) is 43.8. The van der Waals surface area contributed by atoms with Gasteiger partial charge in [-0.3, -0.25) is 4.74 Å². The predicted octanol–water partition coefficient (Wildman–Crippen LogP) is 10.6. The van der Waals surface area contributed by atoms with Gasteiger partial charge in [0, 0.05) is 13.0 Å². The molecule has 324 valence electrons. The Morgan fingerprint density at radius 1 is 0.625 bits per heavy atom. The Morgan fingerprint density at radius 2 is 1.11 bits per heavy atom. The highest BCUT2D eigenvalue weighted by Crippen LogP contribution is 2.55. The standard InChI is InChI=1S/C28H25F19O9/c1-2-53-56-54-14-23(12-51-8-5-48,13-52-9-6-49)11-50-7-3-4-24(38,27(42,43)44)55-25(39,26(40,41)28(45,46)47)22(37)21(36)20(35)19(34)18(33)17(32)16(31)15(30)10-29/h2,5-6,8-9,48-49H,1,3-4,7,10-14H2/b8-5+,9-6+,16-15+,18-17+,20-19+,22-21+. The van der Waals surface area contributed by atoms with Gasteiger partial charge in [-0.25, -0.2) is 43.9 Å². The Morgan fingerprint density at radius 3 is 1.54 bits per heavy atom. The predicted molar refractivity (Wildman–Crippen MR) is 145 cm³/mol. The molecule has 0 amide bonds. The molecule has 0 aliphatic carbocycles. The van der Waals surface area contributed by atoms with E-state index in [9.17, 15) is 74.6 Å². The van der Waals surface area contributed by atoms with Gasteiger partial charge in [0.2, 0.25) is 23.3 Å². The van der Waals surface area contributed by atoms with E-state index in [-0.39, 0.29) is 0 Å². The molecule has 0 bridgehead atoms. The van der Waals surface area contributed by atoms with E-state index in [0.717, 1.165) is 0 Å². The molecule has 0 aromatic rings. The summed E-state index contributed by atoms with van der Waals surface area (Å²) in [6.07, 6.45) is -16.4. The van der Waals surface area contributed by atoms with Crippen molar-refractivity contribution in [1.82, 2.24) is 0 Å². The molecule has 0 fully saturated rings. The number of ether oxygens (including phenoxy) is 4. The molecule has 2 N–H and O–H groups in total. The average Bonchev–Trinajstić information content (AvgIpc) is 3.12. The maximum Gasteiger partial charge on any atom is 0.460 e. The van der Waals surface area contributed by atoms with E-state index in [1.54, 1.807) is 0 Å². The summed E-state index contributed by atoms with van der Waals surface area (Å²) in [5, 5.41) is 21.7. The van der Waals surface area contributed by atoms with Crippen molar-refractivity contribution >= 4 is 0 Å². The fourth-order valence-corrected chi connectivity index (χ4v) is 3.38. The van der Waals surface area contributed by atoms with E-state index in [4.69, 9.17) is 24.4 Å². The van der Waals surface area contributed by atoms with Crippen molar-refractivity contribution in [2.24, 2.45) is 5.41 Å². The van der Waals surface area contributed by atoms with Crippen molar-refractivity contribution in [3.8, 4) is 0 Å².